The van der Waals surface area contributed by atoms with Crippen molar-refractivity contribution in [2.45, 2.75) is 64.2 Å². The normalized spacial score (nSPS) is 18.0. The van der Waals surface area contributed by atoms with Gasteiger partial charge >= 0.3 is 0 Å². The molecule has 1 aliphatic carbocycles. The zero-order valence-corrected chi connectivity index (χ0v) is 23.2. The monoisotopic (exact) mass is 518 g/mol. The van der Waals surface area contributed by atoms with E-state index in [1.807, 2.05) is 24.3 Å². The number of hydrogen-bond donors (Lipinski definition) is 0. The standard InChI is InChI=1S/C35H38N2O2/c1-3-5-18-31(38)35(28-15-9-7-12-25(28)26-13-8-10-16-29(26)35)30-17-11-14-27-32(30)33(36-34(27)39)24-19-22-37(23-20-24)21-6-4-2/h7-17,24H,3-6,18-23H2,1-2H3. The summed E-state index contributed by atoms with van der Waals surface area (Å²) in [4.78, 5) is 35.2. The lowest BCUT2D eigenvalue weighted by Crippen LogP contribution is -2.40. The zero-order valence-electron chi connectivity index (χ0n) is 23.2. The van der Waals surface area contributed by atoms with Crippen LogP contribution in [0.15, 0.2) is 71.7 Å². The first-order valence-corrected chi connectivity index (χ1v) is 14.8. The SMILES string of the molecule is CCCCC(=O)C1(c2cccc3c2C(C2CCN(CCCC)CC2)=NC3=O)c2ccccc2-c2ccccc21. The van der Waals surface area contributed by atoms with E-state index in [1.165, 1.54) is 12.8 Å². The van der Waals surface area contributed by atoms with Crippen molar-refractivity contribution in [3.8, 4) is 11.1 Å². The Kier molecular flexibility index (Phi) is 7.07. The third kappa shape index (κ3) is 4.12. The van der Waals surface area contributed by atoms with Crippen LogP contribution < -0.4 is 0 Å². The molecule has 1 amide bonds. The topological polar surface area (TPSA) is 49.7 Å². The highest BCUT2D eigenvalue weighted by Gasteiger charge is 2.52. The Morgan fingerprint density at radius 1 is 0.821 bits per heavy atom. The summed E-state index contributed by atoms with van der Waals surface area (Å²) in [5, 5.41) is 0. The number of hydrogen-bond acceptors (Lipinski definition) is 3. The molecule has 0 bridgehead atoms. The van der Waals surface area contributed by atoms with Crippen molar-refractivity contribution < 1.29 is 9.59 Å². The van der Waals surface area contributed by atoms with Gasteiger partial charge in [0.2, 0.25) is 0 Å². The minimum Gasteiger partial charge on any atom is -0.303 e. The van der Waals surface area contributed by atoms with Crippen LogP contribution in [0.2, 0.25) is 0 Å². The predicted octanol–water partition coefficient (Wildman–Crippen LogP) is 7.22. The van der Waals surface area contributed by atoms with E-state index in [4.69, 9.17) is 4.99 Å². The lowest BCUT2D eigenvalue weighted by atomic mass is 9.65. The summed E-state index contributed by atoms with van der Waals surface area (Å²) in [6.45, 7) is 7.57. The van der Waals surface area contributed by atoms with Gasteiger partial charge in [-0.15, -0.1) is 0 Å². The summed E-state index contributed by atoms with van der Waals surface area (Å²) in [7, 11) is 0. The molecule has 1 fully saturated rings. The Labute approximate surface area is 232 Å². The van der Waals surface area contributed by atoms with Gasteiger partial charge in [0.25, 0.3) is 5.91 Å². The smallest absolute Gasteiger partial charge is 0.277 e. The molecule has 200 valence electrons. The molecule has 3 aliphatic rings. The number of piperidine rings is 1. The Hall–Kier alpha value is -3.37. The first-order valence-electron chi connectivity index (χ1n) is 14.8. The molecule has 0 unspecified atom stereocenters. The number of unbranched alkanes of at least 4 members (excludes halogenated alkanes) is 2. The minimum absolute atomic E-state index is 0.161. The van der Waals surface area contributed by atoms with Gasteiger partial charge < -0.3 is 4.90 Å². The molecule has 0 aromatic heterocycles. The first-order chi connectivity index (χ1) is 19.1. The largest absolute Gasteiger partial charge is 0.303 e. The number of ketones is 1. The lowest BCUT2D eigenvalue weighted by Gasteiger charge is -2.35. The highest BCUT2D eigenvalue weighted by atomic mass is 16.1. The van der Waals surface area contributed by atoms with Gasteiger partial charge in [-0.05, 0) is 79.2 Å². The molecular formula is C35H38N2O2. The maximum absolute atomic E-state index is 14.6. The van der Waals surface area contributed by atoms with Crippen LogP contribution in [0, 0.1) is 5.92 Å². The summed E-state index contributed by atoms with van der Waals surface area (Å²) in [6.07, 6.45) is 6.71. The van der Waals surface area contributed by atoms with E-state index in [-0.39, 0.29) is 17.6 Å². The Morgan fingerprint density at radius 3 is 2.05 bits per heavy atom. The van der Waals surface area contributed by atoms with Gasteiger partial charge in [-0.2, -0.15) is 0 Å². The zero-order chi connectivity index (χ0) is 27.0. The van der Waals surface area contributed by atoms with Crippen molar-refractivity contribution in [3.63, 3.8) is 0 Å². The number of aliphatic imine (C=N–C) groups is 1. The number of fused-ring (bicyclic) bond motifs is 4. The highest BCUT2D eigenvalue weighted by molar-refractivity contribution is 6.24. The number of rotatable bonds is 9. The van der Waals surface area contributed by atoms with Crippen LogP contribution in [0.3, 0.4) is 0 Å². The van der Waals surface area contributed by atoms with Gasteiger partial charge in [0.1, 0.15) is 5.41 Å². The van der Waals surface area contributed by atoms with Crippen molar-refractivity contribution in [1.29, 1.82) is 0 Å². The number of carbonyl (C=O) groups excluding carboxylic acids is 2. The van der Waals surface area contributed by atoms with E-state index >= 15 is 0 Å². The molecule has 3 aromatic rings. The number of carbonyl (C=O) groups is 2. The van der Waals surface area contributed by atoms with E-state index < -0.39 is 5.41 Å². The summed E-state index contributed by atoms with van der Waals surface area (Å²) in [5.74, 6) is 0.276. The van der Waals surface area contributed by atoms with Gasteiger partial charge in [-0.25, -0.2) is 4.99 Å². The van der Waals surface area contributed by atoms with E-state index in [0.717, 1.165) is 84.4 Å². The molecule has 0 spiro atoms. The van der Waals surface area contributed by atoms with Gasteiger partial charge in [-0.1, -0.05) is 87.4 Å². The second-order valence-electron chi connectivity index (χ2n) is 11.4. The van der Waals surface area contributed by atoms with Gasteiger partial charge in [-0.3, -0.25) is 9.59 Å². The van der Waals surface area contributed by atoms with E-state index in [9.17, 15) is 9.59 Å². The van der Waals surface area contributed by atoms with Crippen LogP contribution >= 0.6 is 0 Å². The van der Waals surface area contributed by atoms with Gasteiger partial charge in [0.05, 0.1) is 11.3 Å². The second kappa shape index (κ2) is 10.7. The highest BCUT2D eigenvalue weighted by Crippen LogP contribution is 2.55. The fourth-order valence-electron chi connectivity index (χ4n) is 7.15. The van der Waals surface area contributed by atoms with Gasteiger partial charge in [0.15, 0.2) is 5.78 Å². The molecular weight excluding hydrogens is 480 g/mol. The summed E-state index contributed by atoms with van der Waals surface area (Å²) in [6, 6.07) is 22.7. The maximum atomic E-state index is 14.6. The fraction of sp³-hybridized carbons (Fsp3) is 0.400. The Morgan fingerprint density at radius 2 is 1.41 bits per heavy atom. The minimum atomic E-state index is -0.944. The van der Waals surface area contributed by atoms with E-state index in [2.05, 4.69) is 61.2 Å². The van der Waals surface area contributed by atoms with Crippen molar-refractivity contribution in [3.05, 3.63) is 94.5 Å². The number of amides is 1. The Bertz CT molecular complexity index is 1400. The number of nitrogens with zero attached hydrogens (tertiary/aromatic N) is 2. The van der Waals surface area contributed by atoms with Crippen LogP contribution in [-0.4, -0.2) is 41.9 Å². The van der Waals surface area contributed by atoms with Crippen molar-refractivity contribution in [2.75, 3.05) is 19.6 Å². The lowest BCUT2D eigenvalue weighted by molar-refractivity contribution is -0.122. The molecule has 0 N–H and O–H groups in total. The quantitative estimate of drug-likeness (QED) is 0.301. The van der Waals surface area contributed by atoms with Crippen molar-refractivity contribution in [1.82, 2.24) is 4.90 Å². The molecule has 2 aliphatic heterocycles. The summed E-state index contributed by atoms with van der Waals surface area (Å²) < 4.78 is 0. The fourth-order valence-corrected chi connectivity index (χ4v) is 7.15. The third-order valence-electron chi connectivity index (χ3n) is 9.11. The van der Waals surface area contributed by atoms with Crippen LogP contribution in [0.1, 0.15) is 91.4 Å². The second-order valence-corrected chi connectivity index (χ2v) is 11.4. The Balaban J connectivity index is 1.52. The number of likely N-dealkylation sites (tertiary alicyclic amines) is 1. The van der Waals surface area contributed by atoms with Crippen LogP contribution in [0.5, 0.6) is 0 Å². The summed E-state index contributed by atoms with van der Waals surface area (Å²) >= 11 is 0. The van der Waals surface area contributed by atoms with Crippen molar-refractivity contribution >= 4 is 17.4 Å². The third-order valence-corrected chi connectivity index (χ3v) is 9.11. The molecule has 3 aromatic carbocycles. The number of benzene rings is 3. The molecule has 39 heavy (non-hydrogen) atoms. The predicted molar refractivity (Wildman–Crippen MR) is 158 cm³/mol. The van der Waals surface area contributed by atoms with Crippen LogP contribution in [0.25, 0.3) is 11.1 Å². The molecule has 0 radical (unpaired) electrons. The maximum Gasteiger partial charge on any atom is 0.277 e. The molecule has 4 nitrogen and oxygen atoms in total. The molecule has 1 saturated heterocycles. The summed E-state index contributed by atoms with van der Waals surface area (Å²) in [5.41, 5.74) is 6.78. The first kappa shape index (κ1) is 25.9. The average molecular weight is 519 g/mol. The molecule has 4 heteroatoms. The van der Waals surface area contributed by atoms with Crippen LogP contribution in [-0.2, 0) is 10.2 Å². The van der Waals surface area contributed by atoms with Gasteiger partial charge in [0, 0.05) is 17.9 Å². The van der Waals surface area contributed by atoms with E-state index in [0.29, 0.717) is 12.0 Å². The average Bonchev–Trinajstić information content (AvgIpc) is 3.48. The van der Waals surface area contributed by atoms with Crippen molar-refractivity contribution in [2.24, 2.45) is 10.9 Å². The van der Waals surface area contributed by atoms with Crippen LogP contribution in [0.4, 0.5) is 0 Å². The number of Topliss-reactive ketones (excluding diaryl/α,β-unsaturated/α-hetero) is 1. The molecule has 0 saturated carbocycles. The molecule has 0 atom stereocenters. The molecule has 2 heterocycles. The van der Waals surface area contributed by atoms with E-state index in [1.54, 1.807) is 0 Å². The molecule has 6 rings (SSSR count).